The van der Waals surface area contributed by atoms with Crippen LogP contribution >= 0.6 is 0 Å². The van der Waals surface area contributed by atoms with Crippen molar-refractivity contribution in [1.29, 1.82) is 0 Å². The normalized spacial score (nSPS) is 58.8. The average Bonchev–Trinajstić information content (AvgIpc) is 2.49. The minimum absolute atomic E-state index is 0.00264. The molecular formula is C12H18O. The van der Waals surface area contributed by atoms with E-state index in [2.05, 4.69) is 13.5 Å². The van der Waals surface area contributed by atoms with Crippen LogP contribution in [0.3, 0.4) is 0 Å². The molecule has 1 N–H and O–H groups in total. The van der Waals surface area contributed by atoms with Crippen LogP contribution < -0.4 is 0 Å². The van der Waals surface area contributed by atoms with Crippen LogP contribution in [0.5, 0.6) is 0 Å². The van der Waals surface area contributed by atoms with Crippen molar-refractivity contribution in [2.75, 3.05) is 0 Å². The molecule has 1 heteroatoms. The average molecular weight is 178 g/mol. The molecule has 0 aromatic heterocycles. The van der Waals surface area contributed by atoms with Gasteiger partial charge in [-0.2, -0.15) is 0 Å². The Morgan fingerprint density at radius 1 is 1.46 bits per heavy atom. The summed E-state index contributed by atoms with van der Waals surface area (Å²) in [6.45, 7) is 6.55. The van der Waals surface area contributed by atoms with E-state index in [1.165, 1.54) is 24.8 Å². The SMILES string of the molecule is C=C1CCC2C1C1(C)CCC(O)C21. The number of hydrogen-bond acceptors (Lipinski definition) is 1. The van der Waals surface area contributed by atoms with Gasteiger partial charge in [-0.05, 0) is 48.9 Å². The van der Waals surface area contributed by atoms with Gasteiger partial charge in [0.05, 0.1) is 6.10 Å². The maximum atomic E-state index is 9.89. The molecule has 0 saturated heterocycles. The van der Waals surface area contributed by atoms with Gasteiger partial charge in [0.1, 0.15) is 0 Å². The van der Waals surface area contributed by atoms with Crippen molar-refractivity contribution in [2.45, 2.75) is 38.7 Å². The van der Waals surface area contributed by atoms with Crippen molar-refractivity contribution < 1.29 is 5.11 Å². The Bertz CT molecular complexity index is 270. The van der Waals surface area contributed by atoms with E-state index in [4.69, 9.17) is 0 Å². The molecule has 3 fully saturated rings. The first-order valence-electron chi connectivity index (χ1n) is 5.50. The topological polar surface area (TPSA) is 20.2 Å². The van der Waals surface area contributed by atoms with Crippen LogP contribution in [-0.2, 0) is 0 Å². The standard InChI is InChI=1S/C12H18O/c1-7-3-4-8-10(7)12(2)6-5-9(13)11(8)12/h8-11,13H,1,3-6H2,2H3. The zero-order valence-corrected chi connectivity index (χ0v) is 8.29. The summed E-state index contributed by atoms with van der Waals surface area (Å²) in [6, 6.07) is 0. The Kier molecular flexibility index (Phi) is 1.36. The lowest BCUT2D eigenvalue weighted by atomic mass is 9.49. The molecular weight excluding hydrogens is 160 g/mol. The highest BCUT2D eigenvalue weighted by Gasteiger charge is 2.65. The minimum Gasteiger partial charge on any atom is -0.393 e. The summed E-state index contributed by atoms with van der Waals surface area (Å²) in [5.41, 5.74) is 1.90. The van der Waals surface area contributed by atoms with Crippen LogP contribution in [-0.4, -0.2) is 11.2 Å². The Balaban J connectivity index is 1.96. The van der Waals surface area contributed by atoms with Gasteiger partial charge in [0.15, 0.2) is 0 Å². The molecule has 3 rings (SSSR count). The summed E-state index contributed by atoms with van der Waals surface area (Å²) >= 11 is 0. The Morgan fingerprint density at radius 2 is 2.23 bits per heavy atom. The number of allylic oxidation sites excluding steroid dienone is 1. The molecule has 0 heterocycles. The van der Waals surface area contributed by atoms with Gasteiger partial charge in [-0.1, -0.05) is 19.1 Å². The maximum absolute atomic E-state index is 9.89. The summed E-state index contributed by atoms with van der Waals surface area (Å²) in [4.78, 5) is 0. The predicted molar refractivity (Wildman–Crippen MR) is 52.2 cm³/mol. The molecule has 1 nitrogen and oxygen atoms in total. The molecule has 3 aliphatic carbocycles. The number of aliphatic hydroxyl groups excluding tert-OH is 1. The van der Waals surface area contributed by atoms with Crippen molar-refractivity contribution in [2.24, 2.45) is 23.2 Å². The number of hydrogen-bond donors (Lipinski definition) is 1. The van der Waals surface area contributed by atoms with Crippen LogP contribution in [0.15, 0.2) is 12.2 Å². The van der Waals surface area contributed by atoms with Crippen LogP contribution in [0.25, 0.3) is 0 Å². The summed E-state index contributed by atoms with van der Waals surface area (Å²) in [7, 11) is 0. The molecule has 13 heavy (non-hydrogen) atoms. The van der Waals surface area contributed by atoms with Crippen molar-refractivity contribution in [1.82, 2.24) is 0 Å². The number of aliphatic hydroxyl groups is 1. The lowest BCUT2D eigenvalue weighted by Gasteiger charge is -2.55. The molecule has 0 amide bonds. The third-order valence-electron chi connectivity index (χ3n) is 4.99. The smallest absolute Gasteiger partial charge is 0.0576 e. The Hall–Kier alpha value is -0.300. The van der Waals surface area contributed by atoms with Gasteiger partial charge in [-0.15, -0.1) is 0 Å². The van der Waals surface area contributed by atoms with Gasteiger partial charge in [0.2, 0.25) is 0 Å². The molecule has 3 saturated carbocycles. The maximum Gasteiger partial charge on any atom is 0.0576 e. The second-order valence-corrected chi connectivity index (χ2v) is 5.48. The first kappa shape index (κ1) is 8.05. The van der Waals surface area contributed by atoms with E-state index in [1.807, 2.05) is 0 Å². The molecule has 0 bridgehead atoms. The fourth-order valence-corrected chi connectivity index (χ4v) is 4.58. The van der Waals surface area contributed by atoms with E-state index in [0.29, 0.717) is 11.3 Å². The van der Waals surface area contributed by atoms with E-state index in [1.54, 1.807) is 0 Å². The highest BCUT2D eigenvalue weighted by Crippen LogP contribution is 2.70. The first-order chi connectivity index (χ1) is 6.14. The summed E-state index contributed by atoms with van der Waals surface area (Å²) in [5.74, 6) is 2.15. The van der Waals surface area contributed by atoms with E-state index >= 15 is 0 Å². The third-order valence-corrected chi connectivity index (χ3v) is 4.99. The van der Waals surface area contributed by atoms with Gasteiger partial charge in [-0.3, -0.25) is 0 Å². The molecule has 3 aliphatic rings. The zero-order chi connectivity index (χ0) is 9.22. The summed E-state index contributed by atoms with van der Waals surface area (Å²) in [5, 5.41) is 9.89. The molecule has 5 atom stereocenters. The quantitative estimate of drug-likeness (QED) is 0.565. The third kappa shape index (κ3) is 0.735. The fraction of sp³-hybridized carbons (Fsp3) is 0.833. The Labute approximate surface area is 79.8 Å². The van der Waals surface area contributed by atoms with Gasteiger partial charge in [0, 0.05) is 0 Å². The van der Waals surface area contributed by atoms with E-state index in [0.717, 1.165) is 18.3 Å². The first-order valence-corrected chi connectivity index (χ1v) is 5.50. The Morgan fingerprint density at radius 3 is 3.00 bits per heavy atom. The van der Waals surface area contributed by atoms with Crippen LogP contribution in [0, 0.1) is 23.2 Å². The molecule has 0 aliphatic heterocycles. The van der Waals surface area contributed by atoms with Crippen molar-refractivity contribution in [3.8, 4) is 0 Å². The van der Waals surface area contributed by atoms with Crippen LogP contribution in [0.1, 0.15) is 32.6 Å². The second kappa shape index (κ2) is 2.20. The lowest BCUT2D eigenvalue weighted by Crippen LogP contribution is -2.53. The fourth-order valence-electron chi connectivity index (χ4n) is 4.58. The minimum atomic E-state index is -0.00264. The largest absolute Gasteiger partial charge is 0.393 e. The van der Waals surface area contributed by atoms with E-state index < -0.39 is 0 Å². The van der Waals surface area contributed by atoms with Gasteiger partial charge < -0.3 is 5.11 Å². The number of fused-ring (bicyclic) bond motifs is 4. The predicted octanol–water partition coefficient (Wildman–Crippen LogP) is 2.36. The molecule has 0 aromatic rings. The highest BCUT2D eigenvalue weighted by atomic mass is 16.3. The van der Waals surface area contributed by atoms with E-state index in [-0.39, 0.29) is 6.10 Å². The van der Waals surface area contributed by atoms with Crippen molar-refractivity contribution in [3.63, 3.8) is 0 Å². The van der Waals surface area contributed by atoms with Gasteiger partial charge >= 0.3 is 0 Å². The number of rotatable bonds is 0. The molecule has 0 radical (unpaired) electrons. The molecule has 0 spiro atoms. The second-order valence-electron chi connectivity index (χ2n) is 5.48. The zero-order valence-electron chi connectivity index (χ0n) is 8.29. The van der Waals surface area contributed by atoms with E-state index in [9.17, 15) is 5.11 Å². The molecule has 0 aromatic carbocycles. The lowest BCUT2D eigenvalue weighted by molar-refractivity contribution is -0.0926. The van der Waals surface area contributed by atoms with Crippen LogP contribution in [0.4, 0.5) is 0 Å². The van der Waals surface area contributed by atoms with Gasteiger partial charge in [0.25, 0.3) is 0 Å². The summed E-state index contributed by atoms with van der Waals surface area (Å²) in [6.07, 6.45) is 4.76. The van der Waals surface area contributed by atoms with Gasteiger partial charge in [-0.25, -0.2) is 0 Å². The van der Waals surface area contributed by atoms with Crippen molar-refractivity contribution >= 4 is 0 Å². The van der Waals surface area contributed by atoms with Crippen molar-refractivity contribution in [3.05, 3.63) is 12.2 Å². The monoisotopic (exact) mass is 178 g/mol. The summed E-state index contributed by atoms with van der Waals surface area (Å²) < 4.78 is 0. The molecule has 72 valence electrons. The van der Waals surface area contributed by atoms with Crippen LogP contribution in [0.2, 0.25) is 0 Å². The molecule has 5 unspecified atom stereocenters. The highest BCUT2D eigenvalue weighted by molar-refractivity contribution is 5.26.